The van der Waals surface area contributed by atoms with Gasteiger partial charge in [0.2, 0.25) is 0 Å². The van der Waals surface area contributed by atoms with Crippen LogP contribution in [0.4, 0.5) is 11.4 Å². The van der Waals surface area contributed by atoms with E-state index in [1.165, 1.54) is 12.1 Å². The van der Waals surface area contributed by atoms with Crippen molar-refractivity contribution in [1.82, 2.24) is 0 Å². The Morgan fingerprint density at radius 3 is 2.50 bits per heavy atom. The van der Waals surface area contributed by atoms with Gasteiger partial charge in [-0.15, -0.1) is 0 Å². The van der Waals surface area contributed by atoms with Gasteiger partial charge in [0.25, 0.3) is 21.5 Å². The Hall–Kier alpha value is -2.40. The fraction of sp³-hybridized carbons (Fsp3) is 0.462. The van der Waals surface area contributed by atoms with Crippen LogP contribution in [-0.4, -0.2) is 34.4 Å². The van der Waals surface area contributed by atoms with E-state index in [2.05, 4.69) is 4.99 Å². The van der Waals surface area contributed by atoms with Crippen molar-refractivity contribution < 1.29 is 22.8 Å². The lowest BCUT2D eigenvalue weighted by Gasteiger charge is -2.24. The van der Waals surface area contributed by atoms with Gasteiger partial charge in [-0.25, -0.2) is 0 Å². The smallest absolute Gasteiger partial charge is 0.284 e. The summed E-state index contributed by atoms with van der Waals surface area (Å²) in [6.07, 6.45) is 2.49. The molecule has 11 heteroatoms. The number of nitro groups is 2. The monoisotopic (exact) mass is 357 g/mol. The van der Waals surface area contributed by atoms with Crippen molar-refractivity contribution in [3.63, 3.8) is 0 Å². The molecule has 0 heterocycles. The molecule has 1 aromatic rings. The fourth-order valence-electron chi connectivity index (χ4n) is 2.78. The molecule has 0 aliphatic heterocycles. The van der Waals surface area contributed by atoms with Crippen LogP contribution >= 0.6 is 0 Å². The predicted octanol–water partition coefficient (Wildman–Crippen LogP) is 2.45. The average molecular weight is 357 g/mol. The Morgan fingerprint density at radius 2 is 1.92 bits per heavy atom. The highest BCUT2D eigenvalue weighted by atomic mass is 32.2. The van der Waals surface area contributed by atoms with Crippen LogP contribution in [0.1, 0.15) is 37.2 Å². The van der Waals surface area contributed by atoms with Crippen LogP contribution in [0.25, 0.3) is 0 Å². The largest absolute Gasteiger partial charge is 0.285 e. The summed E-state index contributed by atoms with van der Waals surface area (Å²) in [4.78, 5) is 24.6. The molecule has 1 atom stereocenters. The number of aliphatic imine (C=N–C) groups is 1. The van der Waals surface area contributed by atoms with Gasteiger partial charge in [0.1, 0.15) is 0 Å². The van der Waals surface area contributed by atoms with Crippen LogP contribution in [-0.2, 0) is 10.1 Å². The molecule has 0 aromatic heterocycles. The van der Waals surface area contributed by atoms with E-state index in [4.69, 9.17) is 4.55 Å². The van der Waals surface area contributed by atoms with Gasteiger partial charge in [-0.1, -0.05) is 6.42 Å². The van der Waals surface area contributed by atoms with Gasteiger partial charge < -0.3 is 0 Å². The zero-order valence-electron chi connectivity index (χ0n) is 12.5. The Labute approximate surface area is 137 Å². The summed E-state index contributed by atoms with van der Waals surface area (Å²) in [5.74, 6) is -1.30. The Morgan fingerprint density at radius 1 is 1.21 bits per heavy atom. The van der Waals surface area contributed by atoms with E-state index in [0.29, 0.717) is 18.6 Å². The maximum absolute atomic E-state index is 11.3. The summed E-state index contributed by atoms with van der Waals surface area (Å²) in [6, 6.07) is 3.39. The minimum atomic E-state index is -4.28. The molecule has 0 bridgehead atoms. The third-order valence-electron chi connectivity index (χ3n) is 3.81. The number of non-ortho nitro benzene ring substituents is 1. The highest BCUT2D eigenvalue weighted by Gasteiger charge is 2.30. The molecule has 0 saturated heterocycles. The highest BCUT2D eigenvalue weighted by molar-refractivity contribution is 7.85. The van der Waals surface area contributed by atoms with Crippen LogP contribution in [0.2, 0.25) is 0 Å². The van der Waals surface area contributed by atoms with Crippen molar-refractivity contribution in [3.05, 3.63) is 44.0 Å². The third-order valence-corrected chi connectivity index (χ3v) is 4.26. The quantitative estimate of drug-likeness (QED) is 0.482. The van der Waals surface area contributed by atoms with E-state index < -0.39 is 43.1 Å². The van der Waals surface area contributed by atoms with Crippen LogP contribution in [0.5, 0.6) is 0 Å². The molecule has 24 heavy (non-hydrogen) atoms. The molecule has 1 N–H and O–H groups in total. The summed E-state index contributed by atoms with van der Waals surface area (Å²) in [7, 11) is -4.28. The fourth-order valence-corrected chi connectivity index (χ4v) is 3.11. The maximum Gasteiger partial charge on any atom is 0.285 e. The van der Waals surface area contributed by atoms with Crippen LogP contribution < -0.4 is 0 Å². The predicted molar refractivity (Wildman–Crippen MR) is 84.8 cm³/mol. The van der Waals surface area contributed by atoms with E-state index in [1.807, 2.05) is 0 Å². The maximum atomic E-state index is 11.3. The number of hydrogen-bond acceptors (Lipinski definition) is 7. The molecule has 1 aliphatic carbocycles. The van der Waals surface area contributed by atoms with E-state index >= 15 is 0 Å². The van der Waals surface area contributed by atoms with Gasteiger partial charge in [-0.05, 0) is 25.3 Å². The van der Waals surface area contributed by atoms with Crippen molar-refractivity contribution in [2.24, 2.45) is 4.99 Å². The SMILES string of the molecule is O=[N+]([O-])c1ccc(C2CCCCC2=NCS(=O)(=O)O)c([N+](=O)[O-])c1. The third kappa shape index (κ3) is 4.32. The van der Waals surface area contributed by atoms with Crippen molar-refractivity contribution in [1.29, 1.82) is 0 Å². The number of nitrogens with zero attached hydrogens (tertiary/aromatic N) is 3. The summed E-state index contributed by atoms with van der Waals surface area (Å²) >= 11 is 0. The molecule has 1 unspecified atom stereocenters. The highest BCUT2D eigenvalue weighted by Crippen LogP contribution is 2.37. The van der Waals surface area contributed by atoms with Gasteiger partial charge in [0.05, 0.1) is 15.9 Å². The minimum Gasteiger partial charge on any atom is -0.284 e. The second-order valence-corrected chi connectivity index (χ2v) is 6.84. The molecular weight excluding hydrogens is 342 g/mol. The number of benzene rings is 1. The standard InChI is InChI=1S/C13H15N3O7S/c17-15(18)9-5-6-11(13(7-9)16(19)20)10-3-1-2-4-12(10)14-8-24(21,22)23/h5-7,10H,1-4,8H2,(H,21,22,23). The van der Waals surface area contributed by atoms with Crippen LogP contribution in [0, 0.1) is 20.2 Å². The summed E-state index contributed by atoms with van der Waals surface area (Å²) in [5, 5.41) is 22.1. The van der Waals surface area contributed by atoms with E-state index in [0.717, 1.165) is 18.9 Å². The average Bonchev–Trinajstić information content (AvgIpc) is 2.51. The zero-order chi connectivity index (χ0) is 17.9. The van der Waals surface area contributed by atoms with Gasteiger partial charge in [0.15, 0.2) is 5.88 Å². The van der Waals surface area contributed by atoms with Gasteiger partial charge >= 0.3 is 0 Å². The molecule has 1 fully saturated rings. The molecule has 130 valence electrons. The topological polar surface area (TPSA) is 153 Å². The van der Waals surface area contributed by atoms with E-state index in [9.17, 15) is 28.6 Å². The molecule has 1 saturated carbocycles. The van der Waals surface area contributed by atoms with Crippen LogP contribution in [0.3, 0.4) is 0 Å². The second kappa shape index (κ2) is 7.01. The lowest BCUT2D eigenvalue weighted by molar-refractivity contribution is -0.394. The molecule has 0 amide bonds. The van der Waals surface area contributed by atoms with E-state index in [-0.39, 0.29) is 5.56 Å². The van der Waals surface area contributed by atoms with Gasteiger partial charge in [-0.3, -0.25) is 29.8 Å². The molecule has 0 radical (unpaired) electrons. The number of rotatable bonds is 5. The number of hydrogen-bond donors (Lipinski definition) is 1. The van der Waals surface area contributed by atoms with Crippen LogP contribution in [0.15, 0.2) is 23.2 Å². The zero-order valence-corrected chi connectivity index (χ0v) is 13.3. The Kier molecular flexibility index (Phi) is 5.24. The first kappa shape index (κ1) is 17.9. The van der Waals surface area contributed by atoms with Crippen molar-refractivity contribution in [3.8, 4) is 0 Å². The first-order valence-corrected chi connectivity index (χ1v) is 8.71. The van der Waals surface area contributed by atoms with Crippen molar-refractivity contribution in [2.45, 2.75) is 31.6 Å². The molecule has 1 aromatic carbocycles. The molecular formula is C13H15N3O7S. The van der Waals surface area contributed by atoms with Crippen molar-refractivity contribution in [2.75, 3.05) is 5.88 Å². The lowest BCUT2D eigenvalue weighted by Crippen LogP contribution is -2.20. The normalized spacial score (nSPS) is 20.0. The summed E-state index contributed by atoms with van der Waals surface area (Å²) < 4.78 is 30.6. The number of nitro benzene ring substituents is 2. The first-order valence-electron chi connectivity index (χ1n) is 7.10. The van der Waals surface area contributed by atoms with Crippen molar-refractivity contribution >= 4 is 27.2 Å². The van der Waals surface area contributed by atoms with Gasteiger partial charge in [0, 0.05) is 23.3 Å². The Balaban J connectivity index is 2.47. The first-order chi connectivity index (χ1) is 11.2. The summed E-state index contributed by atoms with van der Waals surface area (Å²) in [5.41, 5.74) is -0.0800. The minimum absolute atomic E-state index is 0.263. The summed E-state index contributed by atoms with van der Waals surface area (Å²) in [6.45, 7) is 0. The second-order valence-electron chi connectivity index (χ2n) is 5.42. The van der Waals surface area contributed by atoms with E-state index in [1.54, 1.807) is 0 Å². The molecule has 2 rings (SSSR count). The molecule has 10 nitrogen and oxygen atoms in total. The lowest BCUT2D eigenvalue weighted by atomic mass is 9.81. The van der Waals surface area contributed by atoms with Gasteiger partial charge in [-0.2, -0.15) is 8.42 Å². The molecule has 0 spiro atoms. The molecule has 1 aliphatic rings. The Bertz CT molecular complexity index is 804.